The highest BCUT2D eigenvalue weighted by Crippen LogP contribution is 2.32. The van der Waals surface area contributed by atoms with Gasteiger partial charge in [0, 0.05) is 17.5 Å². The molecule has 0 atom stereocenters. The third-order valence-electron chi connectivity index (χ3n) is 3.43. The van der Waals surface area contributed by atoms with Crippen LogP contribution in [0.2, 0.25) is 0 Å². The molecule has 126 valence electrons. The average Bonchev–Trinajstić information content (AvgIpc) is 3.02. The fraction of sp³-hybridized carbons (Fsp3) is 0.235. The number of rotatable bonds is 6. The lowest BCUT2D eigenvalue weighted by Gasteiger charge is -2.07. The summed E-state index contributed by atoms with van der Waals surface area (Å²) >= 11 is 1.04. The predicted molar refractivity (Wildman–Crippen MR) is 86.4 cm³/mol. The van der Waals surface area contributed by atoms with Gasteiger partial charge in [-0.25, -0.2) is 8.78 Å². The van der Waals surface area contributed by atoms with Crippen LogP contribution in [0.25, 0.3) is 0 Å². The molecule has 0 aliphatic carbocycles. The lowest BCUT2D eigenvalue weighted by Crippen LogP contribution is -2.27. The first kappa shape index (κ1) is 16.6. The highest BCUT2D eigenvalue weighted by atomic mass is 32.2. The normalized spacial score (nSPS) is 12.2. The molecule has 0 bridgehead atoms. The first-order valence-electron chi connectivity index (χ1n) is 7.35. The SMILES string of the molecule is O=C(CSc1ccc(F)cc1F)NCCc1ccc2c(c1)OCO2. The van der Waals surface area contributed by atoms with Gasteiger partial charge in [-0.3, -0.25) is 4.79 Å². The maximum Gasteiger partial charge on any atom is 0.231 e. The number of amides is 1. The van der Waals surface area contributed by atoms with E-state index in [1.807, 2.05) is 18.2 Å². The van der Waals surface area contributed by atoms with Crippen LogP contribution < -0.4 is 14.8 Å². The van der Waals surface area contributed by atoms with Crippen molar-refractivity contribution in [3.63, 3.8) is 0 Å². The van der Waals surface area contributed by atoms with Crippen molar-refractivity contribution in [1.29, 1.82) is 0 Å². The zero-order chi connectivity index (χ0) is 16.9. The van der Waals surface area contributed by atoms with E-state index >= 15 is 0 Å². The molecule has 0 aromatic heterocycles. The first-order valence-corrected chi connectivity index (χ1v) is 8.33. The largest absolute Gasteiger partial charge is 0.454 e. The summed E-state index contributed by atoms with van der Waals surface area (Å²) in [6, 6.07) is 8.95. The number of nitrogens with one attached hydrogen (secondary N) is 1. The fourth-order valence-corrected chi connectivity index (χ4v) is 2.98. The van der Waals surface area contributed by atoms with Crippen molar-refractivity contribution in [2.45, 2.75) is 11.3 Å². The second kappa shape index (κ2) is 7.53. The molecular weight excluding hydrogens is 336 g/mol. The van der Waals surface area contributed by atoms with Crippen molar-refractivity contribution in [3.05, 3.63) is 53.6 Å². The Hall–Kier alpha value is -2.28. The Morgan fingerprint density at radius 3 is 2.79 bits per heavy atom. The fourth-order valence-electron chi connectivity index (χ4n) is 2.23. The molecule has 4 nitrogen and oxygen atoms in total. The van der Waals surface area contributed by atoms with Crippen LogP contribution in [0.4, 0.5) is 8.78 Å². The molecule has 3 rings (SSSR count). The number of hydrogen-bond donors (Lipinski definition) is 1. The van der Waals surface area contributed by atoms with Crippen molar-refractivity contribution in [1.82, 2.24) is 5.32 Å². The number of hydrogen-bond acceptors (Lipinski definition) is 4. The third-order valence-corrected chi connectivity index (χ3v) is 4.47. The van der Waals surface area contributed by atoms with Crippen molar-refractivity contribution in [3.8, 4) is 11.5 Å². The van der Waals surface area contributed by atoms with Gasteiger partial charge in [-0.15, -0.1) is 11.8 Å². The van der Waals surface area contributed by atoms with Gasteiger partial charge < -0.3 is 14.8 Å². The number of benzene rings is 2. The molecule has 0 saturated carbocycles. The van der Waals surface area contributed by atoms with E-state index in [9.17, 15) is 13.6 Å². The molecule has 1 aliphatic heterocycles. The number of carbonyl (C=O) groups is 1. The minimum atomic E-state index is -0.659. The van der Waals surface area contributed by atoms with E-state index in [4.69, 9.17) is 9.47 Å². The van der Waals surface area contributed by atoms with Gasteiger partial charge in [-0.2, -0.15) is 0 Å². The molecule has 0 spiro atoms. The standard InChI is InChI=1S/C17H15F2NO3S/c18-12-2-4-16(13(19)8-12)24-9-17(21)20-6-5-11-1-3-14-15(7-11)23-10-22-14/h1-4,7-8H,5-6,9-10H2,(H,20,21). The van der Waals surface area contributed by atoms with Crippen molar-refractivity contribution >= 4 is 17.7 Å². The number of halogens is 2. The van der Waals surface area contributed by atoms with Crippen molar-refractivity contribution < 1.29 is 23.0 Å². The number of ether oxygens (including phenoxy) is 2. The summed E-state index contributed by atoms with van der Waals surface area (Å²) in [4.78, 5) is 12.1. The molecule has 1 amide bonds. The Morgan fingerprint density at radius 2 is 1.96 bits per heavy atom. The molecule has 0 saturated heterocycles. The van der Waals surface area contributed by atoms with Crippen LogP contribution in [0.15, 0.2) is 41.3 Å². The summed E-state index contributed by atoms with van der Waals surface area (Å²) in [6.07, 6.45) is 0.651. The minimum Gasteiger partial charge on any atom is -0.454 e. The van der Waals surface area contributed by atoms with Gasteiger partial charge in [0.05, 0.1) is 5.75 Å². The molecule has 0 unspecified atom stereocenters. The number of carbonyl (C=O) groups excluding carboxylic acids is 1. The molecule has 2 aromatic rings. The highest BCUT2D eigenvalue weighted by Gasteiger charge is 2.13. The lowest BCUT2D eigenvalue weighted by molar-refractivity contribution is -0.118. The minimum absolute atomic E-state index is 0.0731. The maximum atomic E-state index is 13.5. The van der Waals surface area contributed by atoms with Crippen LogP contribution in [0.5, 0.6) is 11.5 Å². The van der Waals surface area contributed by atoms with Gasteiger partial charge >= 0.3 is 0 Å². The Morgan fingerprint density at radius 1 is 1.12 bits per heavy atom. The Balaban J connectivity index is 1.42. The summed E-state index contributed by atoms with van der Waals surface area (Å²) in [5, 5.41) is 2.77. The molecule has 24 heavy (non-hydrogen) atoms. The molecule has 1 heterocycles. The first-order chi connectivity index (χ1) is 11.6. The second-order valence-electron chi connectivity index (χ2n) is 5.15. The molecule has 1 N–H and O–H groups in total. The zero-order valence-electron chi connectivity index (χ0n) is 12.7. The smallest absolute Gasteiger partial charge is 0.231 e. The van der Waals surface area contributed by atoms with E-state index in [0.717, 1.165) is 29.1 Å². The van der Waals surface area contributed by atoms with Crippen LogP contribution in [0, 0.1) is 11.6 Å². The Kier molecular flexibility index (Phi) is 5.20. The maximum absolute atomic E-state index is 13.5. The predicted octanol–water partition coefficient (Wildman–Crippen LogP) is 3.14. The third kappa shape index (κ3) is 4.17. The molecule has 2 aromatic carbocycles. The van der Waals surface area contributed by atoms with Gasteiger partial charge in [0.25, 0.3) is 0 Å². The van der Waals surface area contributed by atoms with E-state index in [2.05, 4.69) is 5.32 Å². The summed E-state index contributed by atoms with van der Waals surface area (Å²) < 4.78 is 36.8. The van der Waals surface area contributed by atoms with Gasteiger partial charge in [0.1, 0.15) is 11.6 Å². The van der Waals surface area contributed by atoms with Gasteiger partial charge in [-0.05, 0) is 36.2 Å². The quantitative estimate of drug-likeness (QED) is 0.813. The highest BCUT2D eigenvalue weighted by molar-refractivity contribution is 8.00. The molecular formula is C17H15F2NO3S. The van der Waals surface area contributed by atoms with Crippen LogP contribution in [-0.2, 0) is 11.2 Å². The molecule has 0 fully saturated rings. The Labute approximate surface area is 142 Å². The van der Waals surface area contributed by atoms with Gasteiger partial charge in [-0.1, -0.05) is 6.07 Å². The van der Waals surface area contributed by atoms with E-state index in [1.54, 1.807) is 0 Å². The molecule has 7 heteroatoms. The van der Waals surface area contributed by atoms with E-state index < -0.39 is 11.6 Å². The summed E-state index contributed by atoms with van der Waals surface area (Å²) in [5.74, 6) is 0.00767. The number of fused-ring (bicyclic) bond motifs is 1. The van der Waals surface area contributed by atoms with Crippen LogP contribution in [0.1, 0.15) is 5.56 Å². The zero-order valence-corrected chi connectivity index (χ0v) is 13.5. The Bertz CT molecular complexity index is 755. The molecule has 1 aliphatic rings. The summed E-state index contributed by atoms with van der Waals surface area (Å²) in [6.45, 7) is 0.692. The van der Waals surface area contributed by atoms with Gasteiger partial charge in [0.2, 0.25) is 12.7 Å². The van der Waals surface area contributed by atoms with Crippen molar-refractivity contribution in [2.24, 2.45) is 0 Å². The van der Waals surface area contributed by atoms with E-state index in [0.29, 0.717) is 18.7 Å². The monoisotopic (exact) mass is 351 g/mol. The summed E-state index contributed by atoms with van der Waals surface area (Å²) in [5.41, 5.74) is 1.02. The van der Waals surface area contributed by atoms with Crippen LogP contribution >= 0.6 is 11.8 Å². The van der Waals surface area contributed by atoms with Crippen LogP contribution in [0.3, 0.4) is 0 Å². The topological polar surface area (TPSA) is 47.6 Å². The lowest BCUT2D eigenvalue weighted by atomic mass is 10.1. The summed E-state index contributed by atoms with van der Waals surface area (Å²) in [7, 11) is 0. The molecule has 0 radical (unpaired) electrons. The second-order valence-corrected chi connectivity index (χ2v) is 6.17. The van der Waals surface area contributed by atoms with Crippen LogP contribution in [-0.4, -0.2) is 25.0 Å². The van der Waals surface area contributed by atoms with E-state index in [1.165, 1.54) is 12.1 Å². The number of thioether (sulfide) groups is 1. The van der Waals surface area contributed by atoms with Crippen molar-refractivity contribution in [2.75, 3.05) is 19.1 Å². The average molecular weight is 351 g/mol. The van der Waals surface area contributed by atoms with Gasteiger partial charge in [0.15, 0.2) is 11.5 Å². The van der Waals surface area contributed by atoms with E-state index in [-0.39, 0.29) is 23.3 Å².